The predicted molar refractivity (Wildman–Crippen MR) is 58.7 cm³/mol. The van der Waals surface area contributed by atoms with E-state index in [1.807, 2.05) is 0 Å². The van der Waals surface area contributed by atoms with Crippen molar-refractivity contribution in [2.24, 2.45) is 0 Å². The van der Waals surface area contributed by atoms with Crippen LogP contribution in [0.25, 0.3) is 0 Å². The largest absolute Gasteiger partial charge is 0.383 e. The van der Waals surface area contributed by atoms with Crippen LogP contribution < -0.4 is 16.0 Å². The van der Waals surface area contributed by atoms with Crippen molar-refractivity contribution in [3.05, 3.63) is 28.7 Å². The Balaban J connectivity index is 2.33. The van der Waals surface area contributed by atoms with Crippen LogP contribution in [0.5, 0.6) is 0 Å². The molecule has 0 unspecified atom stereocenters. The molecule has 2 aromatic heterocycles. The van der Waals surface area contributed by atoms with E-state index in [1.165, 1.54) is 6.07 Å². The first kappa shape index (κ1) is 11.1. The van der Waals surface area contributed by atoms with E-state index in [4.69, 9.17) is 5.73 Å². The molecule has 5 N–H and O–H groups in total. The van der Waals surface area contributed by atoms with Crippen molar-refractivity contribution in [2.75, 3.05) is 10.5 Å². The number of aromatic nitrogens is 4. The molecule has 90 valence electrons. The highest BCUT2D eigenvalue weighted by Crippen LogP contribution is 2.16. The number of anilines is 2. The molecule has 0 aliphatic heterocycles. The van der Waals surface area contributed by atoms with E-state index in [2.05, 4.69) is 25.1 Å². The lowest BCUT2D eigenvalue weighted by atomic mass is 10.5. The predicted octanol–water partition coefficient (Wildman–Crippen LogP) is -1.12. The van der Waals surface area contributed by atoms with Gasteiger partial charge in [0.2, 0.25) is 0 Å². The number of sulfonamides is 1. The van der Waals surface area contributed by atoms with Crippen LogP contribution in [0, 0.1) is 0 Å². The first-order valence-corrected chi connectivity index (χ1v) is 5.85. The van der Waals surface area contributed by atoms with Crippen LogP contribution in [0.15, 0.2) is 28.0 Å². The number of hydrogen-bond donors (Lipinski definition) is 4. The molecule has 2 rings (SSSR count). The van der Waals surface area contributed by atoms with Crippen molar-refractivity contribution in [1.82, 2.24) is 20.4 Å². The maximum atomic E-state index is 11.8. The van der Waals surface area contributed by atoms with Gasteiger partial charge in [0, 0.05) is 6.07 Å². The zero-order valence-electron chi connectivity index (χ0n) is 8.34. The summed E-state index contributed by atoms with van der Waals surface area (Å²) in [6.07, 6.45) is 1.07. The number of H-pyrrole nitrogens is 2. The minimum Gasteiger partial charge on any atom is -0.383 e. The number of nitrogen functional groups attached to an aromatic ring is 1. The van der Waals surface area contributed by atoms with Crippen LogP contribution in [0.2, 0.25) is 0 Å². The fraction of sp³-hybridized carbons (Fsp3) is 0. The van der Waals surface area contributed by atoms with E-state index in [0.29, 0.717) is 0 Å². The van der Waals surface area contributed by atoms with Gasteiger partial charge >= 0.3 is 0 Å². The number of aromatic amines is 2. The Labute approximate surface area is 95.1 Å². The summed E-state index contributed by atoms with van der Waals surface area (Å²) in [4.78, 5) is 10.6. The highest BCUT2D eigenvalue weighted by Gasteiger charge is 2.19. The normalized spacial score (nSPS) is 11.3. The molecule has 0 atom stereocenters. The molecule has 2 heterocycles. The summed E-state index contributed by atoms with van der Waals surface area (Å²) in [6, 6.07) is 2.37. The molecule has 17 heavy (non-hydrogen) atoms. The Morgan fingerprint density at radius 2 is 2.06 bits per heavy atom. The third kappa shape index (κ3) is 2.25. The van der Waals surface area contributed by atoms with Crippen LogP contribution in [-0.2, 0) is 10.0 Å². The summed E-state index contributed by atoms with van der Waals surface area (Å²) >= 11 is 0. The lowest BCUT2D eigenvalue weighted by molar-refractivity contribution is 0.601. The topological polar surface area (TPSA) is 147 Å². The summed E-state index contributed by atoms with van der Waals surface area (Å²) in [5.74, 6) is -0.105. The lowest BCUT2D eigenvalue weighted by Gasteiger charge is -2.04. The number of nitrogens with zero attached hydrogens (tertiary/aromatic N) is 2. The van der Waals surface area contributed by atoms with Crippen molar-refractivity contribution < 1.29 is 8.42 Å². The first-order valence-electron chi connectivity index (χ1n) is 4.36. The number of nitrogens with two attached hydrogens (primary N) is 1. The molecule has 10 heteroatoms. The number of nitrogens with one attached hydrogen (secondary N) is 3. The second kappa shape index (κ2) is 3.90. The Morgan fingerprint density at radius 3 is 2.59 bits per heavy atom. The zero-order valence-corrected chi connectivity index (χ0v) is 9.15. The molecule has 0 spiro atoms. The summed E-state index contributed by atoms with van der Waals surface area (Å²) in [5, 5.41) is 11.4. The van der Waals surface area contributed by atoms with Crippen LogP contribution in [0.4, 0.5) is 11.6 Å². The summed E-state index contributed by atoms with van der Waals surface area (Å²) in [5.41, 5.74) is 4.95. The standard InChI is InChI=1S/C7H8N6O3S/c8-7-4(3-9-12-7)17(15,16)13-5-1-2-6(14)11-10-5/h1-3H,(H,10,13)(H,11,14)(H3,8,9,12). The molecule has 2 aromatic rings. The minimum absolute atomic E-state index is 0.0230. The summed E-state index contributed by atoms with van der Waals surface area (Å²) in [7, 11) is -3.87. The fourth-order valence-corrected chi connectivity index (χ4v) is 2.12. The average molecular weight is 256 g/mol. The molecule has 0 amide bonds. The Morgan fingerprint density at radius 1 is 1.29 bits per heavy atom. The van der Waals surface area contributed by atoms with Gasteiger partial charge in [-0.1, -0.05) is 0 Å². The molecule has 0 radical (unpaired) electrons. The zero-order chi connectivity index (χ0) is 12.5. The molecular weight excluding hydrogens is 248 g/mol. The molecule has 9 nitrogen and oxygen atoms in total. The van der Waals surface area contributed by atoms with E-state index in [1.54, 1.807) is 0 Å². The molecule has 0 saturated carbocycles. The molecule has 0 aromatic carbocycles. The average Bonchev–Trinajstić information content (AvgIpc) is 2.68. The first-order chi connectivity index (χ1) is 7.99. The molecule has 0 bridgehead atoms. The van der Waals surface area contributed by atoms with Gasteiger partial charge in [0.05, 0.1) is 6.20 Å². The maximum absolute atomic E-state index is 11.8. The van der Waals surface area contributed by atoms with Gasteiger partial charge in [-0.05, 0) is 6.07 Å². The fourth-order valence-electron chi connectivity index (χ4n) is 1.09. The van der Waals surface area contributed by atoms with Gasteiger partial charge in [0.15, 0.2) is 5.82 Å². The van der Waals surface area contributed by atoms with E-state index in [-0.39, 0.29) is 16.5 Å². The second-order valence-corrected chi connectivity index (χ2v) is 4.71. The van der Waals surface area contributed by atoms with Crippen molar-refractivity contribution in [3.8, 4) is 0 Å². The highest BCUT2D eigenvalue weighted by atomic mass is 32.2. The van der Waals surface area contributed by atoms with Gasteiger partial charge < -0.3 is 5.73 Å². The van der Waals surface area contributed by atoms with Gasteiger partial charge in [0.25, 0.3) is 15.6 Å². The van der Waals surface area contributed by atoms with Crippen LogP contribution in [-0.4, -0.2) is 28.8 Å². The maximum Gasteiger partial charge on any atom is 0.268 e. The van der Waals surface area contributed by atoms with Gasteiger partial charge in [-0.25, -0.2) is 13.5 Å². The monoisotopic (exact) mass is 256 g/mol. The molecule has 0 aliphatic carbocycles. The minimum atomic E-state index is -3.87. The molecule has 0 saturated heterocycles. The van der Waals surface area contributed by atoms with E-state index < -0.39 is 15.6 Å². The molecular formula is C7H8N6O3S. The van der Waals surface area contributed by atoms with E-state index >= 15 is 0 Å². The van der Waals surface area contributed by atoms with Gasteiger partial charge in [0.1, 0.15) is 10.7 Å². The Bertz CT molecular complexity index is 667. The smallest absolute Gasteiger partial charge is 0.268 e. The van der Waals surface area contributed by atoms with Crippen molar-refractivity contribution in [2.45, 2.75) is 4.90 Å². The van der Waals surface area contributed by atoms with Gasteiger partial charge in [-0.3, -0.25) is 14.6 Å². The Hall–Kier alpha value is -2.36. The third-order valence-corrected chi connectivity index (χ3v) is 3.22. The lowest BCUT2D eigenvalue weighted by Crippen LogP contribution is -2.17. The number of hydrogen-bond acceptors (Lipinski definition) is 6. The van der Waals surface area contributed by atoms with Crippen molar-refractivity contribution in [1.29, 1.82) is 0 Å². The third-order valence-electron chi connectivity index (χ3n) is 1.84. The molecule has 0 aliphatic rings. The van der Waals surface area contributed by atoms with Gasteiger partial charge in [-0.2, -0.15) is 10.2 Å². The van der Waals surface area contributed by atoms with Crippen molar-refractivity contribution >= 4 is 21.7 Å². The van der Waals surface area contributed by atoms with Crippen LogP contribution >= 0.6 is 0 Å². The Kier molecular flexibility index (Phi) is 2.55. The van der Waals surface area contributed by atoms with E-state index in [9.17, 15) is 13.2 Å². The summed E-state index contributed by atoms with van der Waals surface area (Å²) in [6.45, 7) is 0. The molecule has 0 fully saturated rings. The SMILES string of the molecule is Nc1[nH]ncc1S(=O)(=O)Nc1ccc(=O)[nH]n1. The van der Waals surface area contributed by atoms with Crippen LogP contribution in [0.3, 0.4) is 0 Å². The van der Waals surface area contributed by atoms with Crippen molar-refractivity contribution in [3.63, 3.8) is 0 Å². The highest BCUT2D eigenvalue weighted by molar-refractivity contribution is 7.92. The quantitative estimate of drug-likeness (QED) is 0.546. The van der Waals surface area contributed by atoms with E-state index in [0.717, 1.165) is 12.3 Å². The number of rotatable bonds is 3. The second-order valence-electron chi connectivity index (χ2n) is 3.06. The van der Waals surface area contributed by atoms with Crippen LogP contribution in [0.1, 0.15) is 0 Å². The van der Waals surface area contributed by atoms with Gasteiger partial charge in [-0.15, -0.1) is 0 Å². The summed E-state index contributed by atoms with van der Waals surface area (Å²) < 4.78 is 25.7.